The van der Waals surface area contributed by atoms with Crippen LogP contribution in [0.3, 0.4) is 0 Å². The number of H-pyrrole nitrogens is 1. The summed E-state index contributed by atoms with van der Waals surface area (Å²) in [7, 11) is -4.64. The minimum Gasteiger partial charge on any atom is -0.487 e. The summed E-state index contributed by atoms with van der Waals surface area (Å²) in [4.78, 5) is 37.0. The SMILES string of the molecule is CC1(C)CCC(CN2CCN(c3ccc(C(=O)NS(=O)(=O)c4ccc(OCC5CC6CC5C(O)C6O)c([N+](=O)[O-])c4)c(Oc4cnc5[nH]ccc5c4)c3)CC2)=C(c2ccc(Cl)cc2)C1. The molecule has 1 aliphatic heterocycles. The minimum absolute atomic E-state index is 0.0540. The van der Waals surface area contributed by atoms with Crippen molar-refractivity contribution in [2.24, 2.45) is 23.2 Å². The van der Waals surface area contributed by atoms with Crippen LogP contribution in [0.5, 0.6) is 17.2 Å². The van der Waals surface area contributed by atoms with Gasteiger partial charge in [-0.15, -0.1) is 0 Å². The van der Waals surface area contributed by atoms with Gasteiger partial charge >= 0.3 is 5.69 Å². The number of piperazine rings is 1. The summed E-state index contributed by atoms with van der Waals surface area (Å²) < 4.78 is 41.6. The number of carbonyl (C=O) groups excluding carboxylic acids is 1. The van der Waals surface area contributed by atoms with Crippen molar-refractivity contribution in [2.75, 3.05) is 44.2 Å². The molecule has 1 amide bonds. The van der Waals surface area contributed by atoms with Crippen molar-refractivity contribution in [1.82, 2.24) is 19.6 Å². The number of sulfonamides is 1. The Kier molecular flexibility index (Phi) is 11.9. The van der Waals surface area contributed by atoms with Crippen LogP contribution < -0.4 is 19.1 Å². The van der Waals surface area contributed by atoms with E-state index >= 15 is 0 Å². The van der Waals surface area contributed by atoms with Crippen molar-refractivity contribution in [2.45, 2.75) is 63.1 Å². The van der Waals surface area contributed by atoms with Gasteiger partial charge in [0.2, 0.25) is 0 Å². The zero-order valence-corrected chi connectivity index (χ0v) is 37.1. The Morgan fingerprint density at radius 2 is 1.78 bits per heavy atom. The zero-order valence-electron chi connectivity index (χ0n) is 35.6. The summed E-state index contributed by atoms with van der Waals surface area (Å²) in [5, 5.41) is 34.1. The molecule has 336 valence electrons. The van der Waals surface area contributed by atoms with Crippen LogP contribution in [0, 0.1) is 33.3 Å². The summed E-state index contributed by atoms with van der Waals surface area (Å²) in [6, 6.07) is 19.9. The van der Waals surface area contributed by atoms with Gasteiger partial charge in [0.15, 0.2) is 5.75 Å². The maximum Gasteiger partial charge on any atom is 0.312 e. The van der Waals surface area contributed by atoms with Gasteiger partial charge < -0.3 is 29.6 Å². The summed E-state index contributed by atoms with van der Waals surface area (Å²) in [6.45, 7) is 8.59. The average molecular weight is 911 g/mol. The number of pyridine rings is 1. The fraction of sp³-hybridized carbons (Fsp3) is 0.404. The molecule has 3 fully saturated rings. The third-order valence-electron chi connectivity index (χ3n) is 13.5. The summed E-state index contributed by atoms with van der Waals surface area (Å²) in [6.07, 6.45) is 6.00. The van der Waals surface area contributed by atoms with Gasteiger partial charge in [-0.1, -0.05) is 43.2 Å². The number of ether oxygens (including phenoxy) is 2. The number of rotatable bonds is 13. The monoisotopic (exact) mass is 910 g/mol. The predicted molar refractivity (Wildman–Crippen MR) is 242 cm³/mol. The summed E-state index contributed by atoms with van der Waals surface area (Å²) in [5.41, 5.74) is 5.05. The van der Waals surface area contributed by atoms with E-state index in [1.54, 1.807) is 24.4 Å². The smallest absolute Gasteiger partial charge is 0.312 e. The van der Waals surface area contributed by atoms with E-state index in [2.05, 4.69) is 50.5 Å². The third-order valence-corrected chi connectivity index (χ3v) is 15.1. The number of nitro groups is 1. The van der Waals surface area contributed by atoms with E-state index in [0.29, 0.717) is 37.3 Å². The second-order valence-electron chi connectivity index (χ2n) is 18.3. The fourth-order valence-electron chi connectivity index (χ4n) is 9.96. The van der Waals surface area contributed by atoms with Crippen LogP contribution in [0.25, 0.3) is 16.6 Å². The molecule has 64 heavy (non-hydrogen) atoms. The topological polar surface area (TPSA) is 200 Å². The van der Waals surface area contributed by atoms with Gasteiger partial charge in [0.25, 0.3) is 15.9 Å². The molecule has 3 heterocycles. The Morgan fingerprint density at radius 1 is 1.00 bits per heavy atom. The van der Waals surface area contributed by atoms with Crippen molar-refractivity contribution in [3.05, 3.63) is 117 Å². The van der Waals surface area contributed by atoms with Gasteiger partial charge in [0.05, 0.1) is 40.4 Å². The molecular weight excluding hydrogens is 860 g/mol. The van der Waals surface area contributed by atoms with Crippen LogP contribution >= 0.6 is 11.6 Å². The van der Waals surface area contributed by atoms with Gasteiger partial charge in [-0.2, -0.15) is 0 Å². The van der Waals surface area contributed by atoms with Crippen LogP contribution in [0.2, 0.25) is 5.02 Å². The molecule has 3 aromatic carbocycles. The molecule has 2 saturated carbocycles. The largest absolute Gasteiger partial charge is 0.487 e. The van der Waals surface area contributed by atoms with Crippen LogP contribution in [-0.2, 0) is 10.0 Å². The number of aliphatic hydroxyl groups excluding tert-OH is 2. The number of amides is 1. The molecule has 5 atom stereocenters. The number of nitrogens with one attached hydrogen (secondary N) is 2. The van der Waals surface area contributed by atoms with Crippen LogP contribution in [-0.4, -0.2) is 95.9 Å². The van der Waals surface area contributed by atoms with E-state index in [4.69, 9.17) is 21.1 Å². The number of nitro benzene ring substituents is 1. The molecule has 4 aliphatic rings. The number of aliphatic hydroxyl groups is 2. The van der Waals surface area contributed by atoms with Gasteiger partial charge in [0.1, 0.15) is 17.1 Å². The Morgan fingerprint density at radius 3 is 2.52 bits per heavy atom. The van der Waals surface area contributed by atoms with Crippen LogP contribution in [0.4, 0.5) is 11.4 Å². The highest BCUT2D eigenvalue weighted by Gasteiger charge is 2.51. The first-order valence-corrected chi connectivity index (χ1v) is 23.5. The van der Waals surface area contributed by atoms with Gasteiger partial charge in [0, 0.05) is 67.1 Å². The van der Waals surface area contributed by atoms with Crippen molar-refractivity contribution >= 4 is 55.5 Å². The molecule has 5 unspecified atom stereocenters. The minimum atomic E-state index is -4.64. The normalized spacial score (nSPS) is 23.4. The van der Waals surface area contributed by atoms with Crippen molar-refractivity contribution < 1.29 is 37.8 Å². The maximum atomic E-state index is 13.9. The number of anilines is 1. The number of halogens is 1. The summed E-state index contributed by atoms with van der Waals surface area (Å²) in [5.74, 6) is -1.09. The van der Waals surface area contributed by atoms with Gasteiger partial charge in [-0.05, 0) is 115 Å². The molecule has 9 rings (SSSR count). The average Bonchev–Trinajstić information content (AvgIpc) is 3.99. The quantitative estimate of drug-likeness (QED) is 0.0668. The molecule has 5 aromatic rings. The van der Waals surface area contributed by atoms with Crippen LogP contribution in [0.15, 0.2) is 95.7 Å². The molecule has 17 heteroatoms. The summed E-state index contributed by atoms with van der Waals surface area (Å²) >= 11 is 6.24. The molecule has 0 radical (unpaired) electrons. The zero-order chi connectivity index (χ0) is 44.9. The highest BCUT2D eigenvalue weighted by atomic mass is 35.5. The number of benzene rings is 3. The molecule has 15 nitrogen and oxygen atoms in total. The standard InChI is InChI=1S/C47H51ClN6O9S/c1-47(2)13-11-30(39(24-47)28-3-5-33(48)6-4-28)26-52-15-17-53(18-16-52)34-7-9-37(42(22-34)63-35-20-29-12-14-49-45(29)50-25-35)46(57)51-64(60,61)36-8-10-41(40(23-36)54(58)59)62-27-32-19-31-21-38(32)44(56)43(31)55/h3-10,12,14,20,22-23,25,31-32,38,43-44,55-56H,11,13,15-19,21,24,26-27H2,1-2H3,(H,49,50)(H,51,57). The van der Waals surface area contributed by atoms with Crippen molar-refractivity contribution in [3.63, 3.8) is 0 Å². The highest BCUT2D eigenvalue weighted by Crippen LogP contribution is 2.49. The molecular formula is C47H51ClN6O9S. The number of hydrogen-bond donors (Lipinski definition) is 4. The van der Waals surface area contributed by atoms with Gasteiger partial charge in [-0.3, -0.25) is 19.8 Å². The number of carbonyl (C=O) groups is 1. The third kappa shape index (κ3) is 9.07. The second-order valence-corrected chi connectivity index (χ2v) is 20.4. The lowest BCUT2D eigenvalue weighted by atomic mass is 9.72. The number of hydrogen-bond acceptors (Lipinski definition) is 12. The lowest BCUT2D eigenvalue weighted by Gasteiger charge is -2.39. The maximum absolute atomic E-state index is 13.9. The van der Waals surface area contributed by atoms with Crippen molar-refractivity contribution in [3.8, 4) is 17.2 Å². The first-order valence-electron chi connectivity index (χ1n) is 21.6. The molecule has 0 spiro atoms. The van der Waals surface area contributed by atoms with E-state index in [1.165, 1.54) is 35.0 Å². The number of nitrogens with zero attached hydrogens (tertiary/aromatic N) is 4. The van der Waals surface area contributed by atoms with Gasteiger partial charge in [-0.25, -0.2) is 18.1 Å². The Labute approximate surface area is 376 Å². The highest BCUT2D eigenvalue weighted by molar-refractivity contribution is 7.90. The molecule has 3 aliphatic carbocycles. The predicted octanol–water partition coefficient (Wildman–Crippen LogP) is 7.58. The number of aromatic nitrogens is 2. The van der Waals surface area contributed by atoms with E-state index in [-0.39, 0.29) is 46.8 Å². The van der Waals surface area contributed by atoms with E-state index in [1.807, 2.05) is 18.2 Å². The first-order chi connectivity index (χ1) is 30.6. The van der Waals surface area contributed by atoms with E-state index in [9.17, 15) is 33.5 Å². The second kappa shape index (κ2) is 17.5. The number of aromatic amines is 1. The first kappa shape index (κ1) is 43.7. The molecule has 4 N–H and O–H groups in total. The van der Waals surface area contributed by atoms with E-state index < -0.39 is 43.6 Å². The van der Waals surface area contributed by atoms with Crippen LogP contribution in [0.1, 0.15) is 61.9 Å². The van der Waals surface area contributed by atoms with E-state index in [0.717, 1.165) is 67.1 Å². The Bertz CT molecular complexity index is 2730. The fourth-order valence-corrected chi connectivity index (χ4v) is 11.1. The van der Waals surface area contributed by atoms with Crippen molar-refractivity contribution in [1.29, 1.82) is 0 Å². The molecule has 2 bridgehead atoms. The number of fused-ring (bicyclic) bond motifs is 3. The Hall–Kier alpha value is -5.52. The molecule has 2 aromatic heterocycles. The Balaban J connectivity index is 0.920. The molecule has 1 saturated heterocycles. The lowest BCUT2D eigenvalue weighted by Crippen LogP contribution is -2.47. The lowest BCUT2D eigenvalue weighted by molar-refractivity contribution is -0.386. The number of allylic oxidation sites excluding steroid dienone is 1.